The lowest BCUT2D eigenvalue weighted by molar-refractivity contribution is 0.475. The molecule has 2 aromatic rings. The monoisotopic (exact) mass is 250 g/mol. The zero-order chi connectivity index (χ0) is 13.0. The van der Waals surface area contributed by atoms with Crippen LogP contribution in [0.15, 0.2) is 28.7 Å². The Morgan fingerprint density at radius 3 is 2.94 bits per heavy atom. The Bertz CT molecular complexity index is 514. The van der Waals surface area contributed by atoms with Gasteiger partial charge in [0.25, 0.3) is 0 Å². The fourth-order valence-electron chi connectivity index (χ4n) is 1.60. The molecule has 6 heteroatoms. The summed E-state index contributed by atoms with van der Waals surface area (Å²) in [7, 11) is 3.63. The molecule has 18 heavy (non-hydrogen) atoms. The van der Waals surface area contributed by atoms with Gasteiger partial charge in [-0.3, -0.25) is 0 Å². The minimum absolute atomic E-state index is 0.248. The van der Waals surface area contributed by atoms with Crippen LogP contribution >= 0.6 is 0 Å². The Morgan fingerprint density at radius 1 is 1.39 bits per heavy atom. The zero-order valence-corrected chi connectivity index (χ0v) is 10.4. The van der Waals surface area contributed by atoms with Gasteiger partial charge >= 0.3 is 6.01 Å². The van der Waals surface area contributed by atoms with Gasteiger partial charge < -0.3 is 14.6 Å². The van der Waals surface area contributed by atoms with E-state index in [2.05, 4.69) is 15.5 Å². The van der Waals surface area contributed by atoms with Crippen molar-refractivity contribution < 1.29 is 8.81 Å². The molecule has 96 valence electrons. The highest BCUT2D eigenvalue weighted by molar-refractivity contribution is 5.27. The maximum atomic E-state index is 13.0. The van der Waals surface area contributed by atoms with Gasteiger partial charge in [0.1, 0.15) is 5.82 Å². The average Bonchev–Trinajstić information content (AvgIpc) is 2.78. The first-order valence-electron chi connectivity index (χ1n) is 5.61. The molecule has 5 nitrogen and oxygen atoms in total. The summed E-state index contributed by atoms with van der Waals surface area (Å²) in [6.45, 7) is 1.04. The normalized spacial score (nSPS) is 10.6. The number of hydrogen-bond acceptors (Lipinski definition) is 5. The number of rotatable bonds is 5. The summed E-state index contributed by atoms with van der Waals surface area (Å²) < 4.78 is 18.5. The lowest BCUT2D eigenvalue weighted by Gasteiger charge is -2.13. The first kappa shape index (κ1) is 12.5. The van der Waals surface area contributed by atoms with E-state index in [1.807, 2.05) is 13.1 Å². The van der Waals surface area contributed by atoms with Crippen LogP contribution in [-0.4, -0.2) is 24.3 Å². The lowest BCUT2D eigenvalue weighted by atomic mass is 10.2. The smallest absolute Gasteiger partial charge is 0.318 e. The molecular weight excluding hydrogens is 235 g/mol. The van der Waals surface area contributed by atoms with Gasteiger partial charge in [-0.15, -0.1) is 5.10 Å². The van der Waals surface area contributed by atoms with Crippen LogP contribution in [0.1, 0.15) is 11.5 Å². The van der Waals surface area contributed by atoms with Crippen LogP contribution in [0.5, 0.6) is 0 Å². The van der Waals surface area contributed by atoms with Crippen molar-refractivity contribution in [3.63, 3.8) is 0 Å². The molecule has 0 aliphatic rings. The zero-order valence-electron chi connectivity index (χ0n) is 10.4. The Hall–Kier alpha value is -1.95. The lowest BCUT2D eigenvalue weighted by Crippen LogP contribution is -2.16. The molecule has 0 aliphatic heterocycles. The van der Waals surface area contributed by atoms with Crippen molar-refractivity contribution >= 4 is 6.01 Å². The molecule has 0 bridgehead atoms. The third-order valence-electron chi connectivity index (χ3n) is 2.42. The van der Waals surface area contributed by atoms with E-state index < -0.39 is 0 Å². The van der Waals surface area contributed by atoms with Crippen LogP contribution in [0.4, 0.5) is 10.4 Å². The molecule has 1 aromatic heterocycles. The van der Waals surface area contributed by atoms with Crippen LogP contribution in [0.2, 0.25) is 0 Å². The summed E-state index contributed by atoms with van der Waals surface area (Å²) in [5.41, 5.74) is 0.853. The molecule has 1 N–H and O–H groups in total. The summed E-state index contributed by atoms with van der Waals surface area (Å²) >= 11 is 0. The van der Waals surface area contributed by atoms with E-state index in [1.54, 1.807) is 18.0 Å². The Kier molecular flexibility index (Phi) is 3.88. The minimum Gasteiger partial charge on any atom is -0.407 e. The highest BCUT2D eigenvalue weighted by atomic mass is 19.1. The van der Waals surface area contributed by atoms with E-state index in [4.69, 9.17) is 4.42 Å². The average molecular weight is 250 g/mol. The van der Waals surface area contributed by atoms with Gasteiger partial charge in [0.15, 0.2) is 0 Å². The van der Waals surface area contributed by atoms with E-state index in [1.165, 1.54) is 12.1 Å². The number of hydrogen-bond donors (Lipinski definition) is 1. The van der Waals surface area contributed by atoms with Gasteiger partial charge in [-0.25, -0.2) is 4.39 Å². The number of benzene rings is 1. The van der Waals surface area contributed by atoms with Crippen molar-refractivity contribution in [3.8, 4) is 0 Å². The molecule has 0 aliphatic carbocycles. The van der Waals surface area contributed by atoms with Gasteiger partial charge in [-0.05, 0) is 24.7 Å². The first-order valence-corrected chi connectivity index (χ1v) is 5.61. The van der Waals surface area contributed by atoms with Gasteiger partial charge in [0, 0.05) is 13.6 Å². The Labute approximate surface area is 105 Å². The van der Waals surface area contributed by atoms with Crippen molar-refractivity contribution in [2.24, 2.45) is 0 Å². The largest absolute Gasteiger partial charge is 0.407 e. The summed E-state index contributed by atoms with van der Waals surface area (Å²) in [6, 6.07) is 6.86. The van der Waals surface area contributed by atoms with E-state index >= 15 is 0 Å². The molecule has 0 radical (unpaired) electrons. The van der Waals surface area contributed by atoms with Crippen molar-refractivity contribution in [3.05, 3.63) is 41.5 Å². The van der Waals surface area contributed by atoms with Gasteiger partial charge in [-0.2, -0.15) is 0 Å². The van der Waals surface area contributed by atoms with E-state index in [0.717, 1.165) is 5.56 Å². The van der Waals surface area contributed by atoms with Crippen LogP contribution in [0, 0.1) is 5.82 Å². The van der Waals surface area contributed by atoms with Crippen molar-refractivity contribution in [2.45, 2.75) is 13.1 Å². The molecule has 0 atom stereocenters. The van der Waals surface area contributed by atoms with Crippen LogP contribution in [0.3, 0.4) is 0 Å². The maximum absolute atomic E-state index is 13.0. The first-order chi connectivity index (χ1) is 8.69. The molecule has 0 fully saturated rings. The molecular formula is C12H15FN4O. The number of nitrogens with one attached hydrogen (secondary N) is 1. The molecule has 0 amide bonds. The molecule has 0 spiro atoms. The molecule has 0 saturated carbocycles. The molecule has 1 aromatic carbocycles. The number of aromatic nitrogens is 2. The maximum Gasteiger partial charge on any atom is 0.318 e. The fourth-order valence-corrected chi connectivity index (χ4v) is 1.60. The second-order valence-corrected chi connectivity index (χ2v) is 3.99. The quantitative estimate of drug-likeness (QED) is 0.872. The number of anilines is 1. The SMILES string of the molecule is CNCc1nnc(N(C)Cc2cccc(F)c2)o1. The standard InChI is InChI=1S/C12H15FN4O/c1-14-7-11-15-16-12(18-11)17(2)8-9-4-3-5-10(13)6-9/h3-6,14H,7-8H2,1-2H3. The van der Waals surface area contributed by atoms with Gasteiger partial charge in [0.2, 0.25) is 5.89 Å². The van der Waals surface area contributed by atoms with Crippen molar-refractivity contribution in [1.29, 1.82) is 0 Å². The fraction of sp³-hybridized carbons (Fsp3) is 0.333. The van der Waals surface area contributed by atoms with Crippen LogP contribution in [0.25, 0.3) is 0 Å². The molecule has 2 rings (SSSR count). The topological polar surface area (TPSA) is 54.2 Å². The third-order valence-corrected chi connectivity index (χ3v) is 2.42. The third kappa shape index (κ3) is 3.04. The Morgan fingerprint density at radius 2 is 2.22 bits per heavy atom. The highest BCUT2D eigenvalue weighted by Gasteiger charge is 2.10. The number of nitrogens with zero attached hydrogens (tertiary/aromatic N) is 3. The van der Waals surface area contributed by atoms with Crippen LogP contribution < -0.4 is 10.2 Å². The van der Waals surface area contributed by atoms with Gasteiger partial charge in [0.05, 0.1) is 6.54 Å². The van der Waals surface area contributed by atoms with Gasteiger partial charge in [-0.1, -0.05) is 17.2 Å². The molecule has 0 unspecified atom stereocenters. The summed E-state index contributed by atoms with van der Waals surface area (Å²) in [5, 5.41) is 10.7. The second kappa shape index (κ2) is 5.59. The second-order valence-electron chi connectivity index (χ2n) is 3.99. The molecule has 0 saturated heterocycles. The predicted molar refractivity (Wildman–Crippen MR) is 65.6 cm³/mol. The summed E-state index contributed by atoms with van der Waals surface area (Å²) in [4.78, 5) is 1.78. The van der Waals surface area contributed by atoms with Crippen molar-refractivity contribution in [2.75, 3.05) is 19.0 Å². The van der Waals surface area contributed by atoms with Crippen molar-refractivity contribution in [1.82, 2.24) is 15.5 Å². The number of halogens is 1. The minimum atomic E-state index is -0.248. The van der Waals surface area contributed by atoms with E-state index in [-0.39, 0.29) is 5.82 Å². The van der Waals surface area contributed by atoms with E-state index in [9.17, 15) is 4.39 Å². The summed E-state index contributed by atoms with van der Waals surface area (Å²) in [5.74, 6) is 0.279. The van der Waals surface area contributed by atoms with Crippen LogP contribution in [-0.2, 0) is 13.1 Å². The summed E-state index contributed by atoms with van der Waals surface area (Å²) in [6.07, 6.45) is 0. The molecule has 1 heterocycles. The highest BCUT2D eigenvalue weighted by Crippen LogP contribution is 2.14. The van der Waals surface area contributed by atoms with E-state index in [0.29, 0.717) is 25.0 Å². The predicted octanol–water partition coefficient (Wildman–Crippen LogP) is 1.56. The Balaban J connectivity index is 2.04.